The van der Waals surface area contributed by atoms with Gasteiger partial charge in [0, 0.05) is 24.3 Å². The van der Waals surface area contributed by atoms with Crippen molar-refractivity contribution in [3.63, 3.8) is 0 Å². The lowest BCUT2D eigenvalue weighted by Gasteiger charge is -2.14. The predicted octanol–water partition coefficient (Wildman–Crippen LogP) is 1.86. The molecule has 1 saturated heterocycles. The molecular formula is C11H13ClN2O. The molecule has 3 nitrogen and oxygen atoms in total. The fourth-order valence-electron chi connectivity index (χ4n) is 2.23. The molecule has 1 aromatic heterocycles. The van der Waals surface area contributed by atoms with Crippen molar-refractivity contribution >= 4 is 11.6 Å². The lowest BCUT2D eigenvalue weighted by molar-refractivity contribution is 0.267. The van der Waals surface area contributed by atoms with Crippen molar-refractivity contribution < 1.29 is 4.74 Å². The van der Waals surface area contributed by atoms with E-state index >= 15 is 0 Å². The van der Waals surface area contributed by atoms with Gasteiger partial charge in [-0.1, -0.05) is 11.6 Å². The number of halogens is 1. The van der Waals surface area contributed by atoms with Crippen LogP contribution in [-0.4, -0.2) is 23.7 Å². The summed E-state index contributed by atoms with van der Waals surface area (Å²) in [6, 6.07) is 3.08. The highest BCUT2D eigenvalue weighted by atomic mass is 35.5. The van der Waals surface area contributed by atoms with Crippen LogP contribution in [0.5, 0.6) is 5.75 Å². The Morgan fingerprint density at radius 3 is 3.13 bits per heavy atom. The Morgan fingerprint density at radius 1 is 1.47 bits per heavy atom. The fraction of sp³-hybridized carbons (Fsp3) is 0.545. The molecule has 0 unspecified atom stereocenters. The Labute approximate surface area is 93.8 Å². The molecule has 1 aromatic rings. The number of piperidine rings is 1. The molecule has 4 heteroatoms. The van der Waals surface area contributed by atoms with Gasteiger partial charge in [0.25, 0.3) is 0 Å². The molecule has 0 radical (unpaired) electrons. The van der Waals surface area contributed by atoms with Crippen molar-refractivity contribution in [2.24, 2.45) is 5.92 Å². The summed E-state index contributed by atoms with van der Waals surface area (Å²) in [6.45, 7) is 0.717. The first kappa shape index (κ1) is 9.43. The van der Waals surface area contributed by atoms with Crippen molar-refractivity contribution in [1.29, 1.82) is 0 Å². The van der Waals surface area contributed by atoms with Crippen LogP contribution >= 0.6 is 11.6 Å². The third kappa shape index (κ3) is 2.08. The largest absolute Gasteiger partial charge is 0.490 e. The molecule has 2 heterocycles. The van der Waals surface area contributed by atoms with Crippen molar-refractivity contribution in [2.75, 3.05) is 6.61 Å². The zero-order valence-corrected chi connectivity index (χ0v) is 9.07. The van der Waals surface area contributed by atoms with Crippen molar-refractivity contribution in [3.05, 3.63) is 23.5 Å². The molecule has 1 aliphatic heterocycles. The zero-order valence-electron chi connectivity index (χ0n) is 8.32. The number of hydrogen-bond acceptors (Lipinski definition) is 3. The van der Waals surface area contributed by atoms with Gasteiger partial charge in [0.15, 0.2) is 0 Å². The molecule has 1 N–H and O–H groups in total. The molecule has 1 aliphatic carbocycles. The van der Waals surface area contributed by atoms with Crippen LogP contribution in [0.3, 0.4) is 0 Å². The average molecular weight is 225 g/mol. The Morgan fingerprint density at radius 2 is 2.40 bits per heavy atom. The van der Waals surface area contributed by atoms with E-state index in [0.29, 0.717) is 11.1 Å². The van der Waals surface area contributed by atoms with E-state index < -0.39 is 0 Å². The Balaban J connectivity index is 1.53. The van der Waals surface area contributed by atoms with Gasteiger partial charge in [0.1, 0.15) is 12.4 Å². The molecule has 2 aliphatic rings. The minimum Gasteiger partial charge on any atom is -0.490 e. The average Bonchev–Trinajstić information content (AvgIpc) is 2.84. The summed E-state index contributed by atoms with van der Waals surface area (Å²) in [5, 5.41) is 4.15. The number of pyridine rings is 1. The summed E-state index contributed by atoms with van der Waals surface area (Å²) < 4.78 is 5.63. The summed E-state index contributed by atoms with van der Waals surface area (Å²) >= 11 is 5.81. The zero-order chi connectivity index (χ0) is 10.3. The fourth-order valence-corrected chi connectivity index (χ4v) is 2.40. The minimum absolute atomic E-state index is 0.507. The second-order valence-electron chi connectivity index (χ2n) is 4.35. The molecule has 0 amide bonds. The highest BCUT2D eigenvalue weighted by Gasteiger charge is 2.45. The van der Waals surface area contributed by atoms with E-state index in [1.54, 1.807) is 18.5 Å². The molecule has 15 heavy (non-hydrogen) atoms. The normalized spacial score (nSPS) is 32.5. The molecule has 3 atom stereocenters. The van der Waals surface area contributed by atoms with E-state index in [4.69, 9.17) is 16.3 Å². The monoisotopic (exact) mass is 224 g/mol. The van der Waals surface area contributed by atoms with E-state index in [0.717, 1.165) is 24.3 Å². The van der Waals surface area contributed by atoms with Gasteiger partial charge in [-0.3, -0.25) is 4.98 Å². The van der Waals surface area contributed by atoms with E-state index in [1.165, 1.54) is 12.8 Å². The molecule has 2 fully saturated rings. The van der Waals surface area contributed by atoms with Gasteiger partial charge < -0.3 is 10.1 Å². The van der Waals surface area contributed by atoms with E-state index in [9.17, 15) is 0 Å². The Hall–Kier alpha value is -0.800. The molecule has 3 rings (SSSR count). The third-order valence-electron chi connectivity index (χ3n) is 3.09. The highest BCUT2D eigenvalue weighted by molar-refractivity contribution is 6.30. The first-order valence-corrected chi connectivity index (χ1v) is 5.68. The third-order valence-corrected chi connectivity index (χ3v) is 3.30. The number of aromatic nitrogens is 1. The summed E-state index contributed by atoms with van der Waals surface area (Å²) in [5.74, 6) is 1.67. The van der Waals surface area contributed by atoms with Crippen LogP contribution in [0.4, 0.5) is 0 Å². The van der Waals surface area contributed by atoms with Crippen LogP contribution < -0.4 is 10.1 Å². The maximum absolute atomic E-state index is 5.81. The van der Waals surface area contributed by atoms with Gasteiger partial charge in [-0.25, -0.2) is 0 Å². The first-order chi connectivity index (χ1) is 7.31. The number of hydrogen-bond donors (Lipinski definition) is 1. The number of nitrogens with one attached hydrogen (secondary N) is 1. The number of rotatable bonds is 3. The summed E-state index contributed by atoms with van der Waals surface area (Å²) in [7, 11) is 0. The summed E-state index contributed by atoms with van der Waals surface area (Å²) in [5.41, 5.74) is 0. The van der Waals surface area contributed by atoms with Crippen LogP contribution in [0.25, 0.3) is 0 Å². The SMILES string of the molecule is Clc1cncc(OC[C@@H]2C[C@@H]3C[C@@H]3N2)c1. The molecular weight excluding hydrogens is 212 g/mol. The van der Waals surface area contributed by atoms with Crippen LogP contribution in [0.15, 0.2) is 18.5 Å². The van der Waals surface area contributed by atoms with Gasteiger partial charge in [-0.05, 0) is 18.8 Å². The lowest BCUT2D eigenvalue weighted by atomic mass is 10.2. The molecule has 0 spiro atoms. The molecule has 0 bridgehead atoms. The highest BCUT2D eigenvalue weighted by Crippen LogP contribution is 2.40. The van der Waals surface area contributed by atoms with Gasteiger partial charge in [0.05, 0.1) is 11.2 Å². The quantitative estimate of drug-likeness (QED) is 0.851. The maximum Gasteiger partial charge on any atom is 0.139 e. The van der Waals surface area contributed by atoms with Crippen LogP contribution in [0, 0.1) is 5.92 Å². The standard InChI is InChI=1S/C11H13ClN2O/c12-8-3-10(5-13-4-8)15-6-9-1-7-2-11(7)14-9/h3-5,7,9,11,14H,1-2,6H2/t7-,9+,11+/m1/s1. The number of ether oxygens (including phenoxy) is 1. The van der Waals surface area contributed by atoms with E-state index in [1.807, 2.05) is 0 Å². The second kappa shape index (κ2) is 3.65. The van der Waals surface area contributed by atoms with Crippen LogP contribution in [0.2, 0.25) is 5.02 Å². The van der Waals surface area contributed by atoms with Gasteiger partial charge in [-0.2, -0.15) is 0 Å². The Kier molecular flexibility index (Phi) is 2.29. The minimum atomic E-state index is 0.507. The van der Waals surface area contributed by atoms with E-state index in [2.05, 4.69) is 10.3 Å². The number of nitrogens with zero attached hydrogens (tertiary/aromatic N) is 1. The molecule has 0 aromatic carbocycles. The topological polar surface area (TPSA) is 34.1 Å². The van der Waals surface area contributed by atoms with Crippen LogP contribution in [-0.2, 0) is 0 Å². The smallest absolute Gasteiger partial charge is 0.139 e. The van der Waals surface area contributed by atoms with Gasteiger partial charge in [0.2, 0.25) is 0 Å². The Bertz CT molecular complexity index is 361. The van der Waals surface area contributed by atoms with Crippen molar-refractivity contribution in [1.82, 2.24) is 10.3 Å². The van der Waals surface area contributed by atoms with Gasteiger partial charge >= 0.3 is 0 Å². The maximum atomic E-state index is 5.81. The summed E-state index contributed by atoms with van der Waals surface area (Å²) in [4.78, 5) is 3.98. The number of fused-ring (bicyclic) bond motifs is 1. The van der Waals surface area contributed by atoms with E-state index in [-0.39, 0.29) is 0 Å². The van der Waals surface area contributed by atoms with Gasteiger partial charge in [-0.15, -0.1) is 0 Å². The predicted molar refractivity (Wildman–Crippen MR) is 58.2 cm³/mol. The van der Waals surface area contributed by atoms with Crippen LogP contribution in [0.1, 0.15) is 12.8 Å². The molecule has 1 saturated carbocycles. The summed E-state index contributed by atoms with van der Waals surface area (Å²) in [6.07, 6.45) is 5.91. The van der Waals surface area contributed by atoms with Crippen molar-refractivity contribution in [2.45, 2.75) is 24.9 Å². The lowest BCUT2D eigenvalue weighted by Crippen LogP contribution is -2.31. The van der Waals surface area contributed by atoms with Crippen molar-refractivity contribution in [3.8, 4) is 5.75 Å². The second-order valence-corrected chi connectivity index (χ2v) is 4.79. The first-order valence-electron chi connectivity index (χ1n) is 5.30. The molecule has 80 valence electrons.